The second-order valence-electron chi connectivity index (χ2n) is 3.84. The zero-order valence-electron chi connectivity index (χ0n) is 11.0. The van der Waals surface area contributed by atoms with E-state index in [0.29, 0.717) is 6.61 Å². The van der Waals surface area contributed by atoms with E-state index in [2.05, 4.69) is 9.97 Å². The lowest BCUT2D eigenvalue weighted by Crippen LogP contribution is -2.01. The van der Waals surface area contributed by atoms with Crippen LogP contribution in [0.25, 0.3) is 0 Å². The van der Waals surface area contributed by atoms with Crippen molar-refractivity contribution in [3.05, 3.63) is 42.1 Å². The van der Waals surface area contributed by atoms with Gasteiger partial charge in [0.1, 0.15) is 10.8 Å². The van der Waals surface area contributed by atoms with Gasteiger partial charge < -0.3 is 4.74 Å². The molecule has 0 atom stereocenters. The van der Waals surface area contributed by atoms with Crippen molar-refractivity contribution in [2.24, 2.45) is 0 Å². The standard InChI is InChI=1S/C14H16N2OS2/c1-11-10-13(16-14(15-11)18-2)19-9-8-17-12-6-4-3-5-7-12/h3-7,10H,8-9H2,1-2H3. The summed E-state index contributed by atoms with van der Waals surface area (Å²) in [6.07, 6.45) is 1.99. The number of hydrogen-bond acceptors (Lipinski definition) is 5. The molecule has 0 amide bonds. The highest BCUT2D eigenvalue weighted by Gasteiger charge is 2.02. The molecule has 0 radical (unpaired) electrons. The van der Waals surface area contributed by atoms with Crippen LogP contribution in [0.5, 0.6) is 5.75 Å². The Kier molecular flexibility index (Phi) is 5.54. The minimum absolute atomic E-state index is 0.673. The normalized spacial score (nSPS) is 10.4. The van der Waals surface area contributed by atoms with Crippen LogP contribution in [0.2, 0.25) is 0 Å². The summed E-state index contributed by atoms with van der Waals surface area (Å²) in [6, 6.07) is 11.9. The van der Waals surface area contributed by atoms with Gasteiger partial charge in [0.15, 0.2) is 5.16 Å². The molecule has 0 fully saturated rings. The number of para-hydroxylation sites is 1. The SMILES string of the molecule is CSc1nc(C)cc(SCCOc2ccccc2)n1. The summed E-state index contributed by atoms with van der Waals surface area (Å²) < 4.78 is 5.65. The van der Waals surface area contributed by atoms with Crippen LogP contribution in [0.15, 0.2) is 46.6 Å². The molecule has 0 aliphatic heterocycles. The summed E-state index contributed by atoms with van der Waals surface area (Å²) in [6.45, 7) is 2.66. The molecule has 0 aliphatic rings. The number of aryl methyl sites for hydroxylation is 1. The molecule has 1 heterocycles. The number of nitrogens with zero attached hydrogens (tertiary/aromatic N) is 2. The van der Waals surface area contributed by atoms with Crippen molar-refractivity contribution in [3.63, 3.8) is 0 Å². The van der Waals surface area contributed by atoms with E-state index in [0.717, 1.165) is 27.4 Å². The number of thioether (sulfide) groups is 2. The average Bonchev–Trinajstić information content (AvgIpc) is 2.44. The molecule has 3 nitrogen and oxygen atoms in total. The molecule has 0 saturated carbocycles. The Bertz CT molecular complexity index is 520. The maximum absolute atomic E-state index is 5.65. The Morgan fingerprint density at radius 3 is 2.68 bits per heavy atom. The van der Waals surface area contributed by atoms with Gasteiger partial charge in [0.2, 0.25) is 0 Å². The van der Waals surface area contributed by atoms with Crippen molar-refractivity contribution in [2.45, 2.75) is 17.1 Å². The molecule has 0 unspecified atom stereocenters. The summed E-state index contributed by atoms with van der Waals surface area (Å²) in [5.41, 5.74) is 1.01. The Balaban J connectivity index is 1.81. The van der Waals surface area contributed by atoms with E-state index >= 15 is 0 Å². The minimum Gasteiger partial charge on any atom is -0.493 e. The summed E-state index contributed by atoms with van der Waals surface area (Å²) in [5.74, 6) is 1.78. The molecule has 0 saturated heterocycles. The lowest BCUT2D eigenvalue weighted by molar-refractivity contribution is 0.344. The molecule has 1 aromatic carbocycles. The number of rotatable bonds is 6. The summed E-state index contributed by atoms with van der Waals surface area (Å²) in [5, 5.41) is 1.83. The van der Waals surface area contributed by atoms with Crippen LogP contribution in [-0.4, -0.2) is 28.6 Å². The van der Waals surface area contributed by atoms with Crippen LogP contribution in [0.3, 0.4) is 0 Å². The molecule has 100 valence electrons. The van der Waals surface area contributed by atoms with E-state index in [1.807, 2.05) is 49.6 Å². The Morgan fingerprint density at radius 1 is 1.16 bits per heavy atom. The van der Waals surface area contributed by atoms with Gasteiger partial charge in [-0.1, -0.05) is 30.0 Å². The number of ether oxygens (including phenoxy) is 1. The van der Waals surface area contributed by atoms with Crippen molar-refractivity contribution in [3.8, 4) is 5.75 Å². The molecule has 0 bridgehead atoms. The van der Waals surface area contributed by atoms with E-state index in [1.165, 1.54) is 0 Å². The zero-order valence-corrected chi connectivity index (χ0v) is 12.6. The second kappa shape index (κ2) is 7.40. The van der Waals surface area contributed by atoms with E-state index < -0.39 is 0 Å². The molecule has 2 aromatic rings. The van der Waals surface area contributed by atoms with Gasteiger partial charge >= 0.3 is 0 Å². The fraction of sp³-hybridized carbons (Fsp3) is 0.286. The largest absolute Gasteiger partial charge is 0.493 e. The van der Waals surface area contributed by atoms with E-state index in [4.69, 9.17) is 4.74 Å². The smallest absolute Gasteiger partial charge is 0.188 e. The molecule has 0 aliphatic carbocycles. The zero-order chi connectivity index (χ0) is 13.5. The third-order valence-corrected chi connectivity index (χ3v) is 3.76. The summed E-state index contributed by atoms with van der Waals surface area (Å²) in [7, 11) is 0. The second-order valence-corrected chi connectivity index (χ2v) is 5.73. The van der Waals surface area contributed by atoms with Gasteiger partial charge in [-0.05, 0) is 31.4 Å². The van der Waals surface area contributed by atoms with Crippen molar-refractivity contribution in [2.75, 3.05) is 18.6 Å². The van der Waals surface area contributed by atoms with Crippen LogP contribution in [0.1, 0.15) is 5.69 Å². The number of aromatic nitrogens is 2. The quantitative estimate of drug-likeness (QED) is 0.351. The molecule has 0 N–H and O–H groups in total. The molecule has 5 heteroatoms. The molecule has 2 rings (SSSR count). The average molecular weight is 292 g/mol. The summed E-state index contributed by atoms with van der Waals surface area (Å²) >= 11 is 3.26. The van der Waals surface area contributed by atoms with Gasteiger partial charge in [-0.25, -0.2) is 9.97 Å². The molecule has 19 heavy (non-hydrogen) atoms. The van der Waals surface area contributed by atoms with Gasteiger partial charge in [-0.2, -0.15) is 0 Å². The van der Waals surface area contributed by atoms with Crippen LogP contribution in [-0.2, 0) is 0 Å². The highest BCUT2D eigenvalue weighted by atomic mass is 32.2. The number of benzene rings is 1. The van der Waals surface area contributed by atoms with Gasteiger partial charge in [0, 0.05) is 11.4 Å². The highest BCUT2D eigenvalue weighted by Crippen LogP contribution is 2.19. The predicted octanol–water partition coefficient (Wildman–Crippen LogP) is 3.68. The van der Waals surface area contributed by atoms with Gasteiger partial charge in [-0.3, -0.25) is 0 Å². The first kappa shape index (κ1) is 14.2. The maximum Gasteiger partial charge on any atom is 0.188 e. The van der Waals surface area contributed by atoms with Crippen LogP contribution in [0.4, 0.5) is 0 Å². The summed E-state index contributed by atoms with van der Waals surface area (Å²) in [4.78, 5) is 8.79. The van der Waals surface area contributed by atoms with Gasteiger partial charge in [0.25, 0.3) is 0 Å². The van der Waals surface area contributed by atoms with Crippen LogP contribution in [0, 0.1) is 6.92 Å². The third kappa shape index (κ3) is 4.76. The molecular formula is C14H16N2OS2. The first-order valence-corrected chi connectivity index (χ1v) is 8.19. The fourth-order valence-corrected chi connectivity index (χ4v) is 2.76. The highest BCUT2D eigenvalue weighted by molar-refractivity contribution is 7.99. The van der Waals surface area contributed by atoms with Crippen molar-refractivity contribution >= 4 is 23.5 Å². The predicted molar refractivity (Wildman–Crippen MR) is 81.2 cm³/mol. The molecule has 1 aromatic heterocycles. The lowest BCUT2D eigenvalue weighted by Gasteiger charge is -2.06. The molecule has 0 spiro atoms. The van der Waals surface area contributed by atoms with E-state index in [1.54, 1.807) is 23.5 Å². The van der Waals surface area contributed by atoms with Crippen molar-refractivity contribution in [1.82, 2.24) is 9.97 Å². The Morgan fingerprint density at radius 2 is 1.95 bits per heavy atom. The Labute approximate surface area is 122 Å². The first-order valence-electron chi connectivity index (χ1n) is 5.98. The minimum atomic E-state index is 0.673. The third-order valence-electron chi connectivity index (χ3n) is 2.34. The first-order chi connectivity index (χ1) is 9.28. The van der Waals surface area contributed by atoms with Crippen LogP contribution >= 0.6 is 23.5 Å². The number of hydrogen-bond donors (Lipinski definition) is 0. The van der Waals surface area contributed by atoms with Crippen molar-refractivity contribution < 1.29 is 4.74 Å². The monoisotopic (exact) mass is 292 g/mol. The maximum atomic E-state index is 5.65. The lowest BCUT2D eigenvalue weighted by atomic mass is 10.3. The van der Waals surface area contributed by atoms with E-state index in [-0.39, 0.29) is 0 Å². The van der Waals surface area contributed by atoms with E-state index in [9.17, 15) is 0 Å². The Hall–Kier alpha value is -1.20. The topological polar surface area (TPSA) is 35.0 Å². The fourth-order valence-electron chi connectivity index (χ4n) is 1.50. The van der Waals surface area contributed by atoms with Gasteiger partial charge in [0.05, 0.1) is 6.61 Å². The van der Waals surface area contributed by atoms with Gasteiger partial charge in [-0.15, -0.1) is 11.8 Å². The molecular weight excluding hydrogens is 276 g/mol. The van der Waals surface area contributed by atoms with Crippen LogP contribution < -0.4 is 4.74 Å². The van der Waals surface area contributed by atoms with Crippen molar-refractivity contribution in [1.29, 1.82) is 0 Å².